The second kappa shape index (κ2) is 3.07. The molecule has 1 aromatic heterocycles. The number of hydrogen-bond donors (Lipinski definition) is 1. The van der Waals surface area contributed by atoms with Crippen LogP contribution in [-0.4, -0.2) is 10.1 Å². The monoisotopic (exact) mass is 205 g/mol. The molecule has 1 heterocycles. The molecule has 4 heteroatoms. The predicted molar refractivity (Wildman–Crippen MR) is 37.8 cm³/mol. The van der Waals surface area contributed by atoms with E-state index in [1.807, 2.05) is 0 Å². The number of rotatable bonds is 1. The van der Waals surface area contributed by atoms with Crippen LogP contribution in [-0.2, 0) is 6.61 Å². The summed E-state index contributed by atoms with van der Waals surface area (Å²) in [6.45, 7) is -0.232. The number of pyridine rings is 1. The molecule has 54 valence electrons. The third-order valence-electron chi connectivity index (χ3n) is 1.02. The van der Waals surface area contributed by atoms with Crippen molar-refractivity contribution in [3.8, 4) is 0 Å². The molecule has 0 saturated heterocycles. The Morgan fingerprint density at radius 1 is 1.60 bits per heavy atom. The maximum absolute atomic E-state index is 12.5. The van der Waals surface area contributed by atoms with Gasteiger partial charge in [0.1, 0.15) is 0 Å². The number of aromatic nitrogens is 1. The third kappa shape index (κ3) is 1.52. The molecule has 0 unspecified atom stereocenters. The average Bonchev–Trinajstić information content (AvgIpc) is 1.95. The lowest BCUT2D eigenvalue weighted by Crippen LogP contribution is -1.92. The van der Waals surface area contributed by atoms with Crippen LogP contribution in [0.15, 0.2) is 16.6 Å². The summed E-state index contributed by atoms with van der Waals surface area (Å²) in [5.74, 6) is -0.591. The van der Waals surface area contributed by atoms with Crippen LogP contribution < -0.4 is 0 Å². The lowest BCUT2D eigenvalue weighted by Gasteiger charge is -1.95. The molecule has 1 aromatic rings. The lowest BCUT2D eigenvalue weighted by atomic mass is 10.4. The Morgan fingerprint density at radius 2 is 2.30 bits per heavy atom. The molecule has 0 saturated carbocycles. The van der Waals surface area contributed by atoms with Crippen LogP contribution in [0.4, 0.5) is 4.39 Å². The standard InChI is InChI=1S/C6H5BrFNO/c7-5-2-1-4(3-10)9-6(5)8/h1-2,10H,3H2. The molecule has 0 spiro atoms. The van der Waals surface area contributed by atoms with Crippen molar-refractivity contribution in [2.75, 3.05) is 0 Å². The Morgan fingerprint density at radius 3 is 2.80 bits per heavy atom. The fraction of sp³-hybridized carbons (Fsp3) is 0.167. The molecule has 0 radical (unpaired) electrons. The largest absolute Gasteiger partial charge is 0.390 e. The SMILES string of the molecule is OCc1ccc(Br)c(F)n1. The Bertz CT molecular complexity index is 241. The molecule has 10 heavy (non-hydrogen) atoms. The van der Waals surface area contributed by atoms with Crippen molar-refractivity contribution in [2.45, 2.75) is 6.61 Å². The zero-order chi connectivity index (χ0) is 7.56. The first-order valence-electron chi connectivity index (χ1n) is 2.66. The van der Waals surface area contributed by atoms with Gasteiger partial charge in [0, 0.05) is 0 Å². The average molecular weight is 206 g/mol. The van der Waals surface area contributed by atoms with Crippen LogP contribution in [0.2, 0.25) is 0 Å². The van der Waals surface area contributed by atoms with Gasteiger partial charge in [-0.3, -0.25) is 0 Å². The number of nitrogens with zero attached hydrogens (tertiary/aromatic N) is 1. The second-order valence-electron chi connectivity index (χ2n) is 1.73. The second-order valence-corrected chi connectivity index (χ2v) is 2.59. The molecule has 0 aromatic carbocycles. The summed E-state index contributed by atoms with van der Waals surface area (Å²) in [4.78, 5) is 3.43. The van der Waals surface area contributed by atoms with E-state index in [1.165, 1.54) is 6.07 Å². The van der Waals surface area contributed by atoms with Crippen molar-refractivity contribution >= 4 is 15.9 Å². The molecule has 1 rings (SSSR count). The van der Waals surface area contributed by atoms with Crippen molar-refractivity contribution in [1.82, 2.24) is 4.98 Å². The van der Waals surface area contributed by atoms with Crippen molar-refractivity contribution < 1.29 is 9.50 Å². The van der Waals surface area contributed by atoms with Crippen LogP contribution in [0.5, 0.6) is 0 Å². The first kappa shape index (κ1) is 7.63. The summed E-state index contributed by atoms with van der Waals surface area (Å²) in [6, 6.07) is 3.06. The maximum Gasteiger partial charge on any atom is 0.227 e. The zero-order valence-corrected chi connectivity index (χ0v) is 6.60. The van der Waals surface area contributed by atoms with Gasteiger partial charge in [-0.1, -0.05) is 0 Å². The molecule has 0 aliphatic heterocycles. The van der Waals surface area contributed by atoms with E-state index >= 15 is 0 Å². The summed E-state index contributed by atoms with van der Waals surface area (Å²) in [5, 5.41) is 8.51. The van der Waals surface area contributed by atoms with E-state index in [0.29, 0.717) is 10.2 Å². The van der Waals surface area contributed by atoms with Gasteiger partial charge in [0.2, 0.25) is 5.95 Å². The normalized spacial score (nSPS) is 9.90. The summed E-state index contributed by atoms with van der Waals surface area (Å²) >= 11 is 2.94. The van der Waals surface area contributed by atoms with Crippen molar-refractivity contribution in [2.24, 2.45) is 0 Å². The summed E-state index contributed by atoms with van der Waals surface area (Å²) < 4.78 is 12.8. The molecule has 2 nitrogen and oxygen atoms in total. The van der Waals surface area contributed by atoms with E-state index in [1.54, 1.807) is 6.07 Å². The highest BCUT2D eigenvalue weighted by Crippen LogP contribution is 2.12. The van der Waals surface area contributed by atoms with Gasteiger partial charge in [-0.15, -0.1) is 0 Å². The molecule has 0 amide bonds. The molecule has 0 aliphatic carbocycles. The van der Waals surface area contributed by atoms with E-state index < -0.39 is 5.95 Å². The first-order chi connectivity index (χ1) is 4.74. The van der Waals surface area contributed by atoms with Gasteiger partial charge in [-0.25, -0.2) is 4.98 Å². The molecule has 0 bridgehead atoms. The van der Waals surface area contributed by atoms with Gasteiger partial charge in [0.05, 0.1) is 16.8 Å². The highest BCUT2D eigenvalue weighted by molar-refractivity contribution is 9.10. The van der Waals surface area contributed by atoms with Crippen LogP contribution in [0.25, 0.3) is 0 Å². The molecule has 0 atom stereocenters. The smallest absolute Gasteiger partial charge is 0.227 e. The van der Waals surface area contributed by atoms with E-state index in [9.17, 15) is 4.39 Å². The van der Waals surface area contributed by atoms with Crippen LogP contribution >= 0.6 is 15.9 Å². The van der Waals surface area contributed by atoms with E-state index in [4.69, 9.17) is 5.11 Å². The van der Waals surface area contributed by atoms with Gasteiger partial charge >= 0.3 is 0 Å². The molecular formula is C6H5BrFNO. The first-order valence-corrected chi connectivity index (χ1v) is 3.45. The van der Waals surface area contributed by atoms with Gasteiger partial charge in [0.25, 0.3) is 0 Å². The number of hydrogen-bond acceptors (Lipinski definition) is 2. The van der Waals surface area contributed by atoms with Gasteiger partial charge in [-0.2, -0.15) is 4.39 Å². The van der Waals surface area contributed by atoms with Crippen LogP contribution in [0.1, 0.15) is 5.69 Å². The molecule has 1 N–H and O–H groups in total. The minimum absolute atomic E-state index is 0.232. The minimum atomic E-state index is -0.591. The summed E-state index contributed by atoms with van der Waals surface area (Å²) in [6.07, 6.45) is 0. The van der Waals surface area contributed by atoms with Gasteiger partial charge in [-0.05, 0) is 28.1 Å². The predicted octanol–water partition coefficient (Wildman–Crippen LogP) is 1.48. The highest BCUT2D eigenvalue weighted by Gasteiger charge is 1.99. The zero-order valence-electron chi connectivity index (χ0n) is 5.01. The Labute approximate surface area is 65.8 Å². The Hall–Kier alpha value is -0.480. The quantitative estimate of drug-likeness (QED) is 0.705. The number of halogens is 2. The fourth-order valence-corrected chi connectivity index (χ4v) is 0.764. The summed E-state index contributed by atoms with van der Waals surface area (Å²) in [7, 11) is 0. The number of aliphatic hydroxyl groups excluding tert-OH is 1. The molecular weight excluding hydrogens is 201 g/mol. The molecule has 0 fully saturated rings. The highest BCUT2D eigenvalue weighted by atomic mass is 79.9. The van der Waals surface area contributed by atoms with E-state index in [2.05, 4.69) is 20.9 Å². The van der Waals surface area contributed by atoms with E-state index in [0.717, 1.165) is 0 Å². The van der Waals surface area contributed by atoms with E-state index in [-0.39, 0.29) is 6.61 Å². The van der Waals surface area contributed by atoms with Gasteiger partial charge in [0.15, 0.2) is 0 Å². The number of aliphatic hydroxyl groups is 1. The maximum atomic E-state index is 12.5. The molecule has 0 aliphatic rings. The Balaban J connectivity index is 3.04. The summed E-state index contributed by atoms with van der Waals surface area (Å²) in [5.41, 5.74) is 0.334. The van der Waals surface area contributed by atoms with Crippen molar-refractivity contribution in [3.05, 3.63) is 28.2 Å². The topological polar surface area (TPSA) is 33.1 Å². The third-order valence-corrected chi connectivity index (χ3v) is 1.61. The van der Waals surface area contributed by atoms with Crippen molar-refractivity contribution in [3.63, 3.8) is 0 Å². The van der Waals surface area contributed by atoms with Crippen molar-refractivity contribution in [1.29, 1.82) is 0 Å². The fourth-order valence-electron chi connectivity index (χ4n) is 0.543. The van der Waals surface area contributed by atoms with Gasteiger partial charge < -0.3 is 5.11 Å². The van der Waals surface area contributed by atoms with Crippen LogP contribution in [0.3, 0.4) is 0 Å². The van der Waals surface area contributed by atoms with Crippen LogP contribution in [0, 0.1) is 5.95 Å². The minimum Gasteiger partial charge on any atom is -0.390 e. The lowest BCUT2D eigenvalue weighted by molar-refractivity contribution is 0.275. The Kier molecular flexibility index (Phi) is 2.34.